The van der Waals surface area contributed by atoms with Crippen LogP contribution in [-0.2, 0) is 4.79 Å². The van der Waals surface area contributed by atoms with Crippen molar-refractivity contribution >= 4 is 5.91 Å². The topological polar surface area (TPSA) is 35.6 Å². The van der Waals surface area contributed by atoms with E-state index in [0.29, 0.717) is 12.5 Å². The first-order valence-corrected chi connectivity index (χ1v) is 5.21. The van der Waals surface area contributed by atoms with E-state index in [1.165, 1.54) is 0 Å². The van der Waals surface area contributed by atoms with E-state index in [1.54, 1.807) is 0 Å². The highest BCUT2D eigenvalue weighted by atomic mass is 16.2. The predicted octanol–water partition coefficient (Wildman–Crippen LogP) is -0.242. The molecule has 0 radical (unpaired) electrons. The lowest BCUT2D eigenvalue weighted by Gasteiger charge is -2.30. The normalized spacial score (nSPS) is 23.3. The average molecular weight is 199 g/mol. The maximum atomic E-state index is 11.2. The van der Waals surface area contributed by atoms with Crippen LogP contribution >= 0.6 is 0 Å². The van der Waals surface area contributed by atoms with Crippen molar-refractivity contribution < 1.29 is 4.79 Å². The van der Waals surface area contributed by atoms with Crippen molar-refractivity contribution in [1.29, 1.82) is 0 Å². The summed E-state index contributed by atoms with van der Waals surface area (Å²) < 4.78 is 0. The highest BCUT2D eigenvalue weighted by Crippen LogP contribution is 2.08. The van der Waals surface area contributed by atoms with E-state index in [9.17, 15) is 4.79 Å². The summed E-state index contributed by atoms with van der Waals surface area (Å²) in [5.41, 5.74) is 0. The minimum atomic E-state index is 0.274. The minimum absolute atomic E-state index is 0.274. The molecule has 0 bridgehead atoms. The van der Waals surface area contributed by atoms with E-state index in [1.807, 2.05) is 11.9 Å². The molecular formula is C10H21N3O. The molecule has 1 aliphatic rings. The van der Waals surface area contributed by atoms with Crippen molar-refractivity contribution in [2.45, 2.75) is 18.9 Å². The van der Waals surface area contributed by atoms with Crippen LogP contribution in [0.4, 0.5) is 0 Å². The molecule has 0 aliphatic carbocycles. The Bertz CT molecular complexity index is 194. The van der Waals surface area contributed by atoms with E-state index in [2.05, 4.69) is 24.3 Å². The average Bonchev–Trinajstić information content (AvgIpc) is 2.10. The van der Waals surface area contributed by atoms with Gasteiger partial charge in [-0.2, -0.15) is 0 Å². The van der Waals surface area contributed by atoms with Crippen molar-refractivity contribution in [3.8, 4) is 0 Å². The third-order valence-electron chi connectivity index (χ3n) is 2.62. The van der Waals surface area contributed by atoms with Crippen molar-refractivity contribution in [3.05, 3.63) is 0 Å². The maximum Gasteiger partial charge on any atom is 0.222 e. The molecule has 1 aliphatic heterocycles. The second-order valence-electron chi connectivity index (χ2n) is 4.27. The summed E-state index contributed by atoms with van der Waals surface area (Å²) in [7, 11) is 6.01. The zero-order valence-corrected chi connectivity index (χ0v) is 9.42. The molecule has 1 fully saturated rings. The van der Waals surface area contributed by atoms with Crippen molar-refractivity contribution in [1.82, 2.24) is 15.1 Å². The summed E-state index contributed by atoms with van der Waals surface area (Å²) in [6.45, 7) is 2.90. The van der Waals surface area contributed by atoms with E-state index >= 15 is 0 Å². The quantitative estimate of drug-likeness (QED) is 0.678. The molecule has 14 heavy (non-hydrogen) atoms. The molecule has 1 rings (SSSR count). The fourth-order valence-corrected chi connectivity index (χ4v) is 1.67. The van der Waals surface area contributed by atoms with Gasteiger partial charge in [-0.3, -0.25) is 4.79 Å². The van der Waals surface area contributed by atoms with Crippen molar-refractivity contribution in [2.24, 2.45) is 0 Å². The summed E-state index contributed by atoms with van der Waals surface area (Å²) in [4.78, 5) is 15.2. The molecule has 0 aromatic rings. The zero-order valence-electron chi connectivity index (χ0n) is 9.42. The number of hydrogen-bond donors (Lipinski definition) is 1. The van der Waals surface area contributed by atoms with Gasteiger partial charge in [0.2, 0.25) is 5.91 Å². The lowest BCUT2D eigenvalue weighted by molar-refractivity contribution is -0.132. The Hall–Kier alpha value is -0.610. The molecule has 0 spiro atoms. The van der Waals surface area contributed by atoms with Crippen molar-refractivity contribution in [3.63, 3.8) is 0 Å². The van der Waals surface area contributed by atoms with Gasteiger partial charge in [-0.25, -0.2) is 0 Å². The van der Waals surface area contributed by atoms with Gasteiger partial charge in [0, 0.05) is 39.1 Å². The zero-order chi connectivity index (χ0) is 10.6. The second kappa shape index (κ2) is 5.32. The summed E-state index contributed by atoms with van der Waals surface area (Å²) in [6, 6.07) is 0.484. The minimum Gasteiger partial charge on any atom is -0.344 e. The molecule has 1 saturated heterocycles. The smallest absolute Gasteiger partial charge is 0.222 e. The molecule has 1 N–H and O–H groups in total. The van der Waals surface area contributed by atoms with Crippen LogP contribution < -0.4 is 5.32 Å². The molecule has 1 amide bonds. The molecule has 82 valence electrons. The van der Waals surface area contributed by atoms with Crippen LogP contribution in [-0.4, -0.2) is 62.5 Å². The third kappa shape index (κ3) is 3.64. The first kappa shape index (κ1) is 11.5. The van der Waals surface area contributed by atoms with Crippen LogP contribution in [0.15, 0.2) is 0 Å². The van der Waals surface area contributed by atoms with E-state index < -0.39 is 0 Å². The lowest BCUT2D eigenvalue weighted by Crippen LogP contribution is -2.47. The van der Waals surface area contributed by atoms with Gasteiger partial charge in [-0.05, 0) is 20.5 Å². The fraction of sp³-hybridized carbons (Fsp3) is 0.900. The number of likely N-dealkylation sites (N-methyl/N-ethyl adjacent to an activating group) is 2. The number of nitrogens with zero attached hydrogens (tertiary/aromatic N) is 2. The standard InChI is InChI=1S/C10H21N3O/c1-12(2)7-6-11-9-4-5-10(14)13(3)8-9/h9,11H,4-8H2,1-3H3. The van der Waals surface area contributed by atoms with Gasteiger partial charge in [-0.15, -0.1) is 0 Å². The SMILES string of the molecule is CN(C)CCNC1CCC(=O)N(C)C1. The van der Waals surface area contributed by atoms with Crippen LogP contribution in [0.25, 0.3) is 0 Å². The Labute approximate surface area is 86.2 Å². The molecule has 4 heteroatoms. The number of carbonyl (C=O) groups excluding carboxylic acids is 1. The van der Waals surface area contributed by atoms with Gasteiger partial charge in [0.25, 0.3) is 0 Å². The van der Waals surface area contributed by atoms with Gasteiger partial charge in [0.15, 0.2) is 0 Å². The number of piperidine rings is 1. The van der Waals surface area contributed by atoms with E-state index in [4.69, 9.17) is 0 Å². The summed E-state index contributed by atoms with van der Waals surface area (Å²) >= 11 is 0. The Morgan fingerprint density at radius 2 is 2.29 bits per heavy atom. The predicted molar refractivity (Wildman–Crippen MR) is 57.2 cm³/mol. The van der Waals surface area contributed by atoms with E-state index in [-0.39, 0.29) is 5.91 Å². The number of rotatable bonds is 4. The first-order valence-electron chi connectivity index (χ1n) is 5.21. The number of hydrogen-bond acceptors (Lipinski definition) is 3. The molecule has 4 nitrogen and oxygen atoms in total. The summed E-state index contributed by atoms with van der Waals surface area (Å²) in [6.07, 6.45) is 1.67. The molecule has 1 unspecified atom stereocenters. The van der Waals surface area contributed by atoms with Gasteiger partial charge < -0.3 is 15.1 Å². The van der Waals surface area contributed by atoms with Crippen LogP contribution in [0, 0.1) is 0 Å². The number of nitrogens with one attached hydrogen (secondary N) is 1. The molecule has 1 heterocycles. The van der Waals surface area contributed by atoms with Gasteiger partial charge >= 0.3 is 0 Å². The maximum absolute atomic E-state index is 11.2. The molecule has 0 saturated carbocycles. The Morgan fingerprint density at radius 3 is 2.86 bits per heavy atom. The summed E-state index contributed by atoms with van der Waals surface area (Å²) in [5.74, 6) is 0.274. The fourth-order valence-electron chi connectivity index (χ4n) is 1.67. The van der Waals surface area contributed by atoms with Gasteiger partial charge in [-0.1, -0.05) is 0 Å². The van der Waals surface area contributed by atoms with Crippen LogP contribution in [0.3, 0.4) is 0 Å². The Morgan fingerprint density at radius 1 is 1.57 bits per heavy atom. The second-order valence-corrected chi connectivity index (χ2v) is 4.27. The molecule has 0 aromatic carbocycles. The number of likely N-dealkylation sites (tertiary alicyclic amines) is 1. The Kier molecular flexibility index (Phi) is 4.35. The lowest BCUT2D eigenvalue weighted by atomic mass is 10.1. The van der Waals surface area contributed by atoms with Gasteiger partial charge in [0.05, 0.1) is 0 Å². The molecule has 0 aromatic heterocycles. The van der Waals surface area contributed by atoms with Gasteiger partial charge in [0.1, 0.15) is 0 Å². The highest BCUT2D eigenvalue weighted by molar-refractivity contribution is 5.76. The van der Waals surface area contributed by atoms with E-state index in [0.717, 1.165) is 26.1 Å². The van der Waals surface area contributed by atoms with Crippen molar-refractivity contribution in [2.75, 3.05) is 40.8 Å². The number of amides is 1. The molecular weight excluding hydrogens is 178 g/mol. The highest BCUT2D eigenvalue weighted by Gasteiger charge is 2.21. The monoisotopic (exact) mass is 199 g/mol. The third-order valence-corrected chi connectivity index (χ3v) is 2.62. The number of carbonyl (C=O) groups is 1. The first-order chi connectivity index (χ1) is 6.59. The van der Waals surface area contributed by atoms with Crippen LogP contribution in [0.1, 0.15) is 12.8 Å². The summed E-state index contributed by atoms with van der Waals surface area (Å²) in [5, 5.41) is 3.47. The van der Waals surface area contributed by atoms with Crippen LogP contribution in [0.2, 0.25) is 0 Å². The largest absolute Gasteiger partial charge is 0.344 e. The molecule has 1 atom stereocenters. The Balaban J connectivity index is 2.17. The van der Waals surface area contributed by atoms with Crippen LogP contribution in [0.5, 0.6) is 0 Å².